The number of rotatable bonds is 6. The second-order valence-corrected chi connectivity index (χ2v) is 8.26. The minimum Gasteiger partial charge on any atom is -0.346 e. The van der Waals surface area contributed by atoms with Crippen molar-refractivity contribution < 1.29 is 9.59 Å². The first-order valence-electron chi connectivity index (χ1n) is 10.6. The number of aromatic amines is 1. The van der Waals surface area contributed by atoms with Crippen LogP contribution in [-0.4, -0.2) is 28.3 Å². The third-order valence-corrected chi connectivity index (χ3v) is 5.83. The molecule has 1 aliphatic heterocycles. The lowest BCUT2D eigenvalue weighted by Gasteiger charge is -2.23. The van der Waals surface area contributed by atoms with Crippen LogP contribution in [0.15, 0.2) is 48.5 Å². The van der Waals surface area contributed by atoms with E-state index in [-0.39, 0.29) is 36.1 Å². The lowest BCUT2D eigenvalue weighted by molar-refractivity contribution is -0.127. The third-order valence-electron chi connectivity index (χ3n) is 5.83. The molecule has 3 aromatic rings. The Bertz CT molecular complexity index is 1040. The molecule has 156 valence electrons. The van der Waals surface area contributed by atoms with Gasteiger partial charge in [0.15, 0.2) is 0 Å². The van der Waals surface area contributed by atoms with E-state index < -0.39 is 0 Å². The van der Waals surface area contributed by atoms with E-state index >= 15 is 0 Å². The molecule has 1 fully saturated rings. The van der Waals surface area contributed by atoms with Crippen LogP contribution in [0.1, 0.15) is 44.6 Å². The van der Waals surface area contributed by atoms with Crippen molar-refractivity contribution in [3.05, 3.63) is 59.9 Å². The van der Waals surface area contributed by atoms with Gasteiger partial charge in [0.2, 0.25) is 11.8 Å². The highest BCUT2D eigenvalue weighted by molar-refractivity contribution is 6.00. The number of aromatic nitrogens is 2. The molecule has 2 heterocycles. The van der Waals surface area contributed by atoms with Crippen LogP contribution in [0.4, 0.5) is 5.69 Å². The Morgan fingerprint density at radius 1 is 1.20 bits per heavy atom. The number of benzene rings is 2. The minimum absolute atomic E-state index is 0.000819. The van der Waals surface area contributed by atoms with E-state index in [2.05, 4.69) is 36.1 Å². The predicted octanol–water partition coefficient (Wildman–Crippen LogP) is 3.99. The first kappa shape index (κ1) is 20.1. The summed E-state index contributed by atoms with van der Waals surface area (Å²) in [6.07, 6.45) is 1.08. The van der Waals surface area contributed by atoms with Gasteiger partial charge in [0.05, 0.1) is 23.0 Å². The zero-order chi connectivity index (χ0) is 21.3. The molecule has 0 unspecified atom stereocenters. The number of imidazole rings is 1. The number of hydrogen-bond donors (Lipinski definition) is 2. The maximum absolute atomic E-state index is 13.1. The van der Waals surface area contributed by atoms with Crippen LogP contribution in [0.25, 0.3) is 11.0 Å². The highest BCUT2D eigenvalue weighted by atomic mass is 16.2. The molecule has 0 spiro atoms. The van der Waals surface area contributed by atoms with Crippen molar-refractivity contribution in [2.45, 2.75) is 39.7 Å². The Hall–Kier alpha value is -3.15. The highest BCUT2D eigenvalue weighted by Crippen LogP contribution is 2.30. The molecule has 2 aromatic carbocycles. The standard InChI is InChI=1S/C24H28N4O2/c1-4-16-9-5-8-12-20(16)28-14-17(13-21(28)29)24(30)27-22(15(2)3)23-25-18-10-6-7-11-19(18)26-23/h5-12,15,17,22H,4,13-14H2,1-3H3,(H,25,26)(H,27,30)/t17-,22+/m0/s1. The first-order valence-corrected chi connectivity index (χ1v) is 10.6. The van der Waals surface area contributed by atoms with Gasteiger partial charge in [0.25, 0.3) is 0 Å². The molecule has 0 saturated carbocycles. The summed E-state index contributed by atoms with van der Waals surface area (Å²) in [6, 6.07) is 15.5. The zero-order valence-electron chi connectivity index (χ0n) is 17.7. The van der Waals surface area contributed by atoms with E-state index in [4.69, 9.17) is 0 Å². The molecule has 30 heavy (non-hydrogen) atoms. The summed E-state index contributed by atoms with van der Waals surface area (Å²) in [6.45, 7) is 6.60. The lowest BCUT2D eigenvalue weighted by atomic mass is 10.0. The van der Waals surface area contributed by atoms with Crippen molar-refractivity contribution in [3.8, 4) is 0 Å². The van der Waals surface area contributed by atoms with Crippen molar-refractivity contribution in [1.29, 1.82) is 0 Å². The first-order chi connectivity index (χ1) is 14.5. The van der Waals surface area contributed by atoms with Gasteiger partial charge in [-0.15, -0.1) is 0 Å². The maximum Gasteiger partial charge on any atom is 0.227 e. The minimum atomic E-state index is -0.368. The molecule has 0 aliphatic carbocycles. The zero-order valence-corrected chi connectivity index (χ0v) is 17.7. The Morgan fingerprint density at radius 3 is 2.67 bits per heavy atom. The maximum atomic E-state index is 13.1. The van der Waals surface area contributed by atoms with Gasteiger partial charge in [0.1, 0.15) is 5.82 Å². The molecule has 0 radical (unpaired) electrons. The van der Waals surface area contributed by atoms with E-state index in [0.29, 0.717) is 6.54 Å². The molecule has 2 amide bonds. The smallest absolute Gasteiger partial charge is 0.227 e. The number of hydrogen-bond acceptors (Lipinski definition) is 3. The number of H-pyrrole nitrogens is 1. The Morgan fingerprint density at radius 2 is 1.93 bits per heavy atom. The SMILES string of the molecule is CCc1ccccc1N1C[C@@H](C(=O)N[C@@H](c2nc3ccccc3[nH]2)C(C)C)CC1=O. The molecule has 1 aromatic heterocycles. The monoisotopic (exact) mass is 404 g/mol. The van der Waals surface area contributed by atoms with Crippen LogP contribution in [0.3, 0.4) is 0 Å². The number of anilines is 1. The quantitative estimate of drug-likeness (QED) is 0.652. The summed E-state index contributed by atoms with van der Waals surface area (Å²) in [7, 11) is 0. The summed E-state index contributed by atoms with van der Waals surface area (Å²) in [5, 5.41) is 3.15. The summed E-state index contributed by atoms with van der Waals surface area (Å²) < 4.78 is 0. The number of aryl methyl sites for hydroxylation is 1. The van der Waals surface area contributed by atoms with E-state index in [1.54, 1.807) is 4.90 Å². The summed E-state index contributed by atoms with van der Waals surface area (Å²) in [4.78, 5) is 35.5. The Balaban J connectivity index is 1.51. The summed E-state index contributed by atoms with van der Waals surface area (Å²) >= 11 is 0. The van der Waals surface area contributed by atoms with Gasteiger partial charge >= 0.3 is 0 Å². The van der Waals surface area contributed by atoms with E-state index in [0.717, 1.165) is 34.5 Å². The Kier molecular flexibility index (Phi) is 5.57. The molecule has 6 nitrogen and oxygen atoms in total. The average molecular weight is 405 g/mol. The van der Waals surface area contributed by atoms with Crippen molar-refractivity contribution in [2.75, 3.05) is 11.4 Å². The number of amides is 2. The summed E-state index contributed by atoms with van der Waals surface area (Å²) in [5.41, 5.74) is 3.86. The van der Waals surface area contributed by atoms with E-state index in [1.165, 1.54) is 0 Å². The topological polar surface area (TPSA) is 78.1 Å². The fourth-order valence-electron chi connectivity index (χ4n) is 4.13. The van der Waals surface area contributed by atoms with Gasteiger partial charge in [-0.05, 0) is 36.1 Å². The van der Waals surface area contributed by atoms with Crippen LogP contribution in [0.5, 0.6) is 0 Å². The van der Waals surface area contributed by atoms with E-state index in [9.17, 15) is 9.59 Å². The van der Waals surface area contributed by atoms with Gasteiger partial charge in [0, 0.05) is 18.7 Å². The normalized spacial score (nSPS) is 17.7. The lowest BCUT2D eigenvalue weighted by Crippen LogP contribution is -2.38. The largest absolute Gasteiger partial charge is 0.346 e. The highest BCUT2D eigenvalue weighted by Gasteiger charge is 2.37. The molecular weight excluding hydrogens is 376 g/mol. The molecular formula is C24H28N4O2. The van der Waals surface area contributed by atoms with Crippen molar-refractivity contribution in [1.82, 2.24) is 15.3 Å². The average Bonchev–Trinajstić information content (AvgIpc) is 3.35. The number of para-hydroxylation sites is 3. The molecule has 0 bridgehead atoms. The van der Waals surface area contributed by atoms with Crippen LogP contribution >= 0.6 is 0 Å². The second-order valence-electron chi connectivity index (χ2n) is 8.26. The van der Waals surface area contributed by atoms with Crippen molar-refractivity contribution in [2.24, 2.45) is 11.8 Å². The molecule has 1 saturated heterocycles. The molecule has 6 heteroatoms. The predicted molar refractivity (Wildman–Crippen MR) is 118 cm³/mol. The van der Waals surface area contributed by atoms with Gasteiger partial charge in [-0.25, -0.2) is 4.98 Å². The van der Waals surface area contributed by atoms with Gasteiger partial charge < -0.3 is 15.2 Å². The number of nitrogens with zero attached hydrogens (tertiary/aromatic N) is 2. The number of carbonyl (C=O) groups is 2. The van der Waals surface area contributed by atoms with E-state index in [1.807, 2.05) is 48.5 Å². The van der Waals surface area contributed by atoms with Crippen LogP contribution < -0.4 is 10.2 Å². The van der Waals surface area contributed by atoms with Crippen LogP contribution in [0.2, 0.25) is 0 Å². The molecule has 1 aliphatic rings. The van der Waals surface area contributed by atoms with Crippen LogP contribution in [0, 0.1) is 11.8 Å². The van der Waals surface area contributed by atoms with Crippen molar-refractivity contribution >= 4 is 28.5 Å². The number of nitrogens with one attached hydrogen (secondary N) is 2. The van der Waals surface area contributed by atoms with Gasteiger partial charge in [-0.3, -0.25) is 9.59 Å². The van der Waals surface area contributed by atoms with Gasteiger partial charge in [-0.1, -0.05) is 51.1 Å². The molecule has 4 rings (SSSR count). The molecule has 2 N–H and O–H groups in total. The number of fused-ring (bicyclic) bond motifs is 1. The third kappa shape index (κ3) is 3.82. The number of carbonyl (C=O) groups excluding carboxylic acids is 2. The second kappa shape index (κ2) is 8.30. The fraction of sp³-hybridized carbons (Fsp3) is 0.375. The summed E-state index contributed by atoms with van der Waals surface area (Å²) in [5.74, 6) is 0.438. The fourth-order valence-corrected chi connectivity index (χ4v) is 4.13. The van der Waals surface area contributed by atoms with Crippen LogP contribution in [-0.2, 0) is 16.0 Å². The van der Waals surface area contributed by atoms with Crippen molar-refractivity contribution in [3.63, 3.8) is 0 Å². The molecule has 2 atom stereocenters. The van der Waals surface area contributed by atoms with Gasteiger partial charge in [-0.2, -0.15) is 0 Å². The Labute approximate surface area is 176 Å².